The highest BCUT2D eigenvalue weighted by Crippen LogP contribution is 2.23. The van der Waals surface area contributed by atoms with Crippen molar-refractivity contribution in [2.45, 2.75) is 32.9 Å². The molecule has 0 atom stereocenters. The van der Waals surface area contributed by atoms with Crippen LogP contribution in [-0.2, 0) is 17.8 Å². The predicted octanol–water partition coefficient (Wildman–Crippen LogP) is 4.80. The molecule has 0 saturated carbocycles. The number of carbonyl (C=O) groups is 2. The number of hydrogen-bond donors (Lipinski definition) is 1. The van der Waals surface area contributed by atoms with E-state index in [0.29, 0.717) is 36.7 Å². The van der Waals surface area contributed by atoms with E-state index in [1.807, 2.05) is 62.4 Å². The molecular formula is C26H31N3O4. The molecule has 174 valence electrons. The normalized spacial score (nSPS) is 10.7. The second-order valence-corrected chi connectivity index (χ2v) is 7.98. The van der Waals surface area contributed by atoms with Crippen molar-refractivity contribution < 1.29 is 18.7 Å². The van der Waals surface area contributed by atoms with Gasteiger partial charge in [0, 0.05) is 12.6 Å². The number of rotatable bonds is 10. The zero-order valence-corrected chi connectivity index (χ0v) is 19.4. The zero-order chi connectivity index (χ0) is 23.6. The summed E-state index contributed by atoms with van der Waals surface area (Å²) in [4.78, 5) is 29.6. The Kier molecular flexibility index (Phi) is 8.52. The van der Waals surface area contributed by atoms with Gasteiger partial charge in [-0.2, -0.15) is 0 Å². The Morgan fingerprint density at radius 1 is 1.00 bits per heavy atom. The lowest BCUT2D eigenvalue weighted by atomic mass is 10.1. The summed E-state index contributed by atoms with van der Waals surface area (Å²) < 4.78 is 10.8. The van der Waals surface area contributed by atoms with Crippen LogP contribution in [0.3, 0.4) is 0 Å². The molecule has 0 bridgehead atoms. The van der Waals surface area contributed by atoms with Gasteiger partial charge in [-0.1, -0.05) is 42.5 Å². The van der Waals surface area contributed by atoms with E-state index >= 15 is 0 Å². The van der Waals surface area contributed by atoms with Crippen molar-refractivity contribution in [2.75, 3.05) is 25.5 Å². The highest BCUT2D eigenvalue weighted by molar-refractivity contribution is 5.93. The smallest absolute Gasteiger partial charge is 0.322 e. The molecule has 33 heavy (non-hydrogen) atoms. The lowest BCUT2D eigenvalue weighted by Gasteiger charge is -2.30. The van der Waals surface area contributed by atoms with Gasteiger partial charge in [-0.3, -0.25) is 4.79 Å². The molecule has 0 aliphatic carbocycles. The lowest BCUT2D eigenvalue weighted by molar-refractivity contribution is -0.133. The molecule has 0 unspecified atom stereocenters. The first-order chi connectivity index (χ1) is 16.0. The van der Waals surface area contributed by atoms with Crippen LogP contribution < -0.4 is 10.1 Å². The molecule has 3 rings (SSSR count). The quantitative estimate of drug-likeness (QED) is 0.482. The average molecular weight is 450 g/mol. The van der Waals surface area contributed by atoms with E-state index in [1.54, 1.807) is 36.5 Å². The van der Waals surface area contributed by atoms with Crippen molar-refractivity contribution in [2.24, 2.45) is 0 Å². The fraction of sp³-hybridized carbons (Fsp3) is 0.308. The molecule has 0 saturated heterocycles. The van der Waals surface area contributed by atoms with Crippen LogP contribution in [0.2, 0.25) is 0 Å². The highest BCUT2D eigenvalue weighted by atomic mass is 16.5. The van der Waals surface area contributed by atoms with Gasteiger partial charge >= 0.3 is 6.03 Å². The maximum Gasteiger partial charge on any atom is 0.322 e. The number of urea groups is 1. The molecule has 1 aromatic heterocycles. The third-order valence-electron chi connectivity index (χ3n) is 5.33. The minimum atomic E-state index is -0.358. The molecule has 0 aliphatic rings. The van der Waals surface area contributed by atoms with Gasteiger partial charge in [0.05, 0.1) is 25.6 Å². The van der Waals surface area contributed by atoms with Crippen LogP contribution in [0.1, 0.15) is 25.2 Å². The number of furan rings is 1. The van der Waals surface area contributed by atoms with Gasteiger partial charge in [0.15, 0.2) is 0 Å². The van der Waals surface area contributed by atoms with Crippen molar-refractivity contribution in [3.63, 3.8) is 0 Å². The van der Waals surface area contributed by atoms with Crippen molar-refractivity contribution in [3.8, 4) is 5.75 Å². The van der Waals surface area contributed by atoms with Crippen LogP contribution in [0.5, 0.6) is 5.75 Å². The first-order valence-corrected chi connectivity index (χ1v) is 11.0. The summed E-state index contributed by atoms with van der Waals surface area (Å²) in [5, 5.41) is 2.86. The summed E-state index contributed by atoms with van der Waals surface area (Å²) in [6.45, 7) is 4.59. The van der Waals surface area contributed by atoms with Gasteiger partial charge < -0.3 is 24.3 Å². The molecule has 0 radical (unpaired) electrons. The van der Waals surface area contributed by atoms with Gasteiger partial charge in [-0.25, -0.2) is 4.79 Å². The summed E-state index contributed by atoms with van der Waals surface area (Å²) in [5.41, 5.74) is 1.70. The van der Waals surface area contributed by atoms with E-state index < -0.39 is 0 Å². The van der Waals surface area contributed by atoms with Crippen LogP contribution in [0, 0.1) is 0 Å². The van der Waals surface area contributed by atoms with E-state index in [9.17, 15) is 9.59 Å². The van der Waals surface area contributed by atoms with Crippen LogP contribution in [0.4, 0.5) is 10.5 Å². The molecular weight excluding hydrogens is 418 g/mol. The first-order valence-electron chi connectivity index (χ1n) is 11.0. The van der Waals surface area contributed by atoms with Gasteiger partial charge in [0.2, 0.25) is 5.91 Å². The van der Waals surface area contributed by atoms with Crippen molar-refractivity contribution in [3.05, 3.63) is 84.3 Å². The maximum absolute atomic E-state index is 13.3. The minimum Gasteiger partial charge on any atom is -0.495 e. The van der Waals surface area contributed by atoms with Crippen molar-refractivity contribution in [1.29, 1.82) is 0 Å². The second-order valence-electron chi connectivity index (χ2n) is 7.98. The molecule has 0 fully saturated rings. The summed E-state index contributed by atoms with van der Waals surface area (Å²) >= 11 is 0. The Hall–Kier alpha value is -3.74. The standard InChI is InChI=1S/C26H31N3O4/c1-20(2)29(26(31)27-23-13-7-8-14-24(23)32-3)19-25(30)28(18-22-12-9-17-33-22)16-15-21-10-5-4-6-11-21/h4-14,17,20H,15-16,18-19H2,1-3H3,(H,27,31). The van der Waals surface area contributed by atoms with Gasteiger partial charge in [-0.15, -0.1) is 0 Å². The Morgan fingerprint density at radius 2 is 1.73 bits per heavy atom. The number of anilines is 1. The third-order valence-corrected chi connectivity index (χ3v) is 5.33. The molecule has 0 spiro atoms. The predicted molar refractivity (Wildman–Crippen MR) is 128 cm³/mol. The number of ether oxygens (including phenoxy) is 1. The topological polar surface area (TPSA) is 75.0 Å². The summed E-state index contributed by atoms with van der Waals surface area (Å²) in [7, 11) is 1.55. The van der Waals surface area contributed by atoms with E-state index in [2.05, 4.69) is 5.32 Å². The average Bonchev–Trinajstić information content (AvgIpc) is 3.34. The highest BCUT2D eigenvalue weighted by Gasteiger charge is 2.25. The molecule has 3 aromatic rings. The van der Waals surface area contributed by atoms with E-state index in [-0.39, 0.29) is 24.5 Å². The van der Waals surface area contributed by atoms with Crippen LogP contribution in [0.15, 0.2) is 77.4 Å². The Labute approximate surface area is 194 Å². The number of amides is 3. The van der Waals surface area contributed by atoms with Crippen molar-refractivity contribution in [1.82, 2.24) is 9.80 Å². The lowest BCUT2D eigenvalue weighted by Crippen LogP contribution is -2.47. The fourth-order valence-corrected chi connectivity index (χ4v) is 3.46. The molecule has 3 amide bonds. The number of hydrogen-bond acceptors (Lipinski definition) is 4. The van der Waals surface area contributed by atoms with E-state index in [4.69, 9.17) is 9.15 Å². The maximum atomic E-state index is 13.3. The van der Waals surface area contributed by atoms with E-state index in [1.165, 1.54) is 4.90 Å². The fourth-order valence-electron chi connectivity index (χ4n) is 3.46. The Balaban J connectivity index is 1.71. The number of nitrogens with one attached hydrogen (secondary N) is 1. The second kappa shape index (κ2) is 11.8. The number of para-hydroxylation sites is 2. The van der Waals surface area contributed by atoms with E-state index in [0.717, 1.165) is 5.56 Å². The Bertz CT molecular complexity index is 1020. The van der Waals surface area contributed by atoms with Crippen molar-refractivity contribution >= 4 is 17.6 Å². The zero-order valence-electron chi connectivity index (χ0n) is 19.4. The van der Waals surface area contributed by atoms with Crippen LogP contribution in [-0.4, -0.2) is 48.0 Å². The Morgan fingerprint density at radius 3 is 2.39 bits per heavy atom. The monoisotopic (exact) mass is 449 g/mol. The van der Waals surface area contributed by atoms with Gasteiger partial charge in [0.25, 0.3) is 0 Å². The molecule has 1 heterocycles. The molecule has 1 N–H and O–H groups in total. The number of nitrogens with zero attached hydrogens (tertiary/aromatic N) is 2. The molecule has 2 aromatic carbocycles. The van der Waals surface area contributed by atoms with Gasteiger partial charge in [0.1, 0.15) is 18.1 Å². The minimum absolute atomic E-state index is 0.0475. The summed E-state index contributed by atoms with van der Waals surface area (Å²) in [5.74, 6) is 1.11. The van der Waals surface area contributed by atoms with Crippen LogP contribution >= 0.6 is 0 Å². The number of carbonyl (C=O) groups excluding carboxylic acids is 2. The number of methoxy groups -OCH3 is 1. The van der Waals surface area contributed by atoms with Crippen LogP contribution in [0.25, 0.3) is 0 Å². The molecule has 7 nitrogen and oxygen atoms in total. The molecule has 0 aliphatic heterocycles. The largest absolute Gasteiger partial charge is 0.495 e. The third kappa shape index (κ3) is 6.87. The van der Waals surface area contributed by atoms with Gasteiger partial charge in [-0.05, 0) is 50.1 Å². The summed E-state index contributed by atoms with van der Waals surface area (Å²) in [6.07, 6.45) is 2.30. The molecule has 7 heteroatoms. The number of benzene rings is 2. The first kappa shape index (κ1) is 23.9. The SMILES string of the molecule is COc1ccccc1NC(=O)N(CC(=O)N(CCc1ccccc1)Cc1ccco1)C(C)C. The summed E-state index contributed by atoms with van der Waals surface area (Å²) in [6, 6.07) is 20.3.